The van der Waals surface area contributed by atoms with Gasteiger partial charge in [0.2, 0.25) is 0 Å². The minimum Gasteiger partial charge on any atom is -0.466 e. The number of benzene rings is 1. The van der Waals surface area contributed by atoms with E-state index in [1.54, 1.807) is 11.3 Å². The molecule has 0 radical (unpaired) electrons. The van der Waals surface area contributed by atoms with Crippen molar-refractivity contribution in [1.82, 2.24) is 9.97 Å². The molecule has 1 aromatic carbocycles. The van der Waals surface area contributed by atoms with Gasteiger partial charge in [0.05, 0.1) is 25.1 Å². The first kappa shape index (κ1) is 20.8. The van der Waals surface area contributed by atoms with Gasteiger partial charge in [-0.05, 0) is 39.2 Å². The van der Waals surface area contributed by atoms with E-state index in [0.717, 1.165) is 46.8 Å². The van der Waals surface area contributed by atoms with Crippen LogP contribution in [0.2, 0.25) is 0 Å². The van der Waals surface area contributed by atoms with Crippen LogP contribution in [0.4, 0.5) is 0 Å². The molecule has 0 bridgehead atoms. The lowest BCUT2D eigenvalue weighted by molar-refractivity contribution is -0.921. The first-order valence-corrected chi connectivity index (χ1v) is 11.4. The number of nitrogens with one attached hydrogen (secondary N) is 2. The Labute approximate surface area is 179 Å². The smallest absolute Gasteiger partial charge is 0.314 e. The molecule has 6 nitrogen and oxygen atoms in total. The molecule has 4 rings (SSSR count). The summed E-state index contributed by atoms with van der Waals surface area (Å²) in [5, 5.41) is 0.670. The molecule has 2 N–H and O–H groups in total. The van der Waals surface area contributed by atoms with Gasteiger partial charge in [-0.25, -0.2) is 4.98 Å². The summed E-state index contributed by atoms with van der Waals surface area (Å²) in [5.41, 5.74) is 3.12. The second kappa shape index (κ2) is 8.70. The van der Waals surface area contributed by atoms with Crippen LogP contribution < -0.4 is 10.5 Å². The first-order chi connectivity index (χ1) is 14.5. The summed E-state index contributed by atoms with van der Waals surface area (Å²) in [6.45, 7) is 8.64. The van der Waals surface area contributed by atoms with E-state index in [1.807, 2.05) is 13.8 Å². The number of carbonyl (C=O) groups excluding carboxylic acids is 1. The third-order valence-corrected chi connectivity index (χ3v) is 6.78. The molecule has 0 saturated carbocycles. The van der Waals surface area contributed by atoms with E-state index < -0.39 is 0 Å². The third-order valence-electron chi connectivity index (χ3n) is 5.78. The van der Waals surface area contributed by atoms with Crippen molar-refractivity contribution in [3.8, 4) is 11.1 Å². The number of hydrogen-bond donors (Lipinski definition) is 2. The van der Waals surface area contributed by atoms with Gasteiger partial charge in [0.25, 0.3) is 5.56 Å². The molecule has 7 heteroatoms. The second-order valence-electron chi connectivity index (χ2n) is 8.06. The van der Waals surface area contributed by atoms with Gasteiger partial charge >= 0.3 is 5.97 Å². The van der Waals surface area contributed by atoms with E-state index in [1.165, 1.54) is 10.5 Å². The van der Waals surface area contributed by atoms with E-state index in [4.69, 9.17) is 9.72 Å². The Morgan fingerprint density at radius 1 is 1.30 bits per heavy atom. The molecule has 1 unspecified atom stereocenters. The van der Waals surface area contributed by atoms with Gasteiger partial charge in [0.15, 0.2) is 5.82 Å². The van der Waals surface area contributed by atoms with Crippen molar-refractivity contribution in [2.45, 2.75) is 40.2 Å². The van der Waals surface area contributed by atoms with Crippen LogP contribution in [0.15, 0.2) is 29.1 Å². The van der Waals surface area contributed by atoms with Crippen LogP contribution >= 0.6 is 11.3 Å². The number of H-pyrrole nitrogens is 1. The van der Waals surface area contributed by atoms with Crippen molar-refractivity contribution in [3.05, 3.63) is 50.9 Å². The fourth-order valence-corrected chi connectivity index (χ4v) is 5.39. The Morgan fingerprint density at radius 3 is 2.80 bits per heavy atom. The Hall–Kier alpha value is -2.51. The molecular weight excluding hydrogens is 398 g/mol. The molecular formula is C23H28N3O3S+. The van der Waals surface area contributed by atoms with E-state index in [2.05, 4.69) is 36.2 Å². The number of esters is 1. The van der Waals surface area contributed by atoms with Gasteiger partial charge in [-0.15, -0.1) is 11.3 Å². The van der Waals surface area contributed by atoms with Gasteiger partial charge in [-0.3, -0.25) is 9.59 Å². The van der Waals surface area contributed by atoms with Gasteiger partial charge in [0.1, 0.15) is 17.3 Å². The standard InChI is InChI=1S/C23H27N3O3S/c1-4-29-23(28)17-6-5-11-26(12-17)13-18-24-21(27)20-19(15(3)30-22(20)25-18)16-9-7-14(2)8-10-16/h7-10,17H,4-6,11-13H2,1-3H3,(H,24,25,27)/p+1/t17-/m1/s1. The number of hydrogen-bond acceptors (Lipinski definition) is 5. The highest BCUT2D eigenvalue weighted by atomic mass is 32.1. The number of aromatic amines is 1. The number of nitrogens with zero attached hydrogens (tertiary/aromatic N) is 1. The molecule has 1 aliphatic heterocycles. The molecule has 0 aliphatic carbocycles. The number of likely N-dealkylation sites (tertiary alicyclic amines) is 1. The molecule has 3 aromatic rings. The molecule has 1 saturated heterocycles. The van der Waals surface area contributed by atoms with Crippen molar-refractivity contribution in [2.24, 2.45) is 5.92 Å². The van der Waals surface area contributed by atoms with E-state index >= 15 is 0 Å². The lowest BCUT2D eigenvalue weighted by atomic mass is 9.98. The summed E-state index contributed by atoms with van der Waals surface area (Å²) >= 11 is 1.57. The minimum atomic E-state index is -0.108. The number of piperidine rings is 1. The summed E-state index contributed by atoms with van der Waals surface area (Å²) in [7, 11) is 0. The quantitative estimate of drug-likeness (QED) is 0.615. The lowest BCUT2D eigenvalue weighted by Crippen LogP contribution is -3.12. The van der Waals surface area contributed by atoms with Crippen molar-refractivity contribution in [3.63, 3.8) is 0 Å². The molecule has 3 heterocycles. The number of thiophene rings is 1. The minimum absolute atomic E-state index is 0.0683. The number of aryl methyl sites for hydroxylation is 2. The number of ether oxygens (including phenoxy) is 1. The van der Waals surface area contributed by atoms with Gasteiger partial charge in [-0.2, -0.15) is 0 Å². The number of carbonyl (C=O) groups is 1. The normalized spacial score (nSPS) is 19.2. The molecule has 158 valence electrons. The van der Waals surface area contributed by atoms with Crippen LogP contribution in [0.3, 0.4) is 0 Å². The van der Waals surface area contributed by atoms with E-state index in [9.17, 15) is 9.59 Å². The number of rotatable bonds is 5. The number of fused-ring (bicyclic) bond motifs is 1. The summed E-state index contributed by atoms with van der Waals surface area (Å²) in [5.74, 6) is 0.508. The zero-order valence-electron chi connectivity index (χ0n) is 17.7. The van der Waals surface area contributed by atoms with Crippen molar-refractivity contribution in [1.29, 1.82) is 0 Å². The Morgan fingerprint density at radius 2 is 2.07 bits per heavy atom. The SMILES string of the molecule is CCOC(=O)[C@@H]1CCC[NH+](Cc2nc3sc(C)c(-c4ccc(C)cc4)c3c(=O)[nH]2)C1. The van der Waals surface area contributed by atoms with E-state index in [0.29, 0.717) is 24.4 Å². The summed E-state index contributed by atoms with van der Waals surface area (Å²) in [6, 6.07) is 8.25. The topological polar surface area (TPSA) is 76.5 Å². The lowest BCUT2D eigenvalue weighted by Gasteiger charge is -2.28. The Balaban J connectivity index is 1.60. The van der Waals surface area contributed by atoms with E-state index in [-0.39, 0.29) is 17.4 Å². The fourth-order valence-electron chi connectivity index (χ4n) is 4.32. The maximum Gasteiger partial charge on any atom is 0.314 e. The predicted octanol–water partition coefficient (Wildman–Crippen LogP) is 2.63. The Bertz CT molecular complexity index is 1120. The zero-order valence-corrected chi connectivity index (χ0v) is 18.5. The molecule has 1 fully saturated rings. The van der Waals surface area contributed by atoms with Crippen LogP contribution in [0.25, 0.3) is 21.3 Å². The summed E-state index contributed by atoms with van der Waals surface area (Å²) in [6.07, 6.45) is 1.84. The second-order valence-corrected chi connectivity index (χ2v) is 9.27. The van der Waals surface area contributed by atoms with Gasteiger partial charge < -0.3 is 14.6 Å². The van der Waals surface area contributed by atoms with Crippen molar-refractivity contribution < 1.29 is 14.4 Å². The average molecular weight is 427 g/mol. The molecule has 2 aromatic heterocycles. The monoisotopic (exact) mass is 426 g/mol. The molecule has 2 atom stereocenters. The predicted molar refractivity (Wildman–Crippen MR) is 119 cm³/mol. The third kappa shape index (κ3) is 4.18. The summed E-state index contributed by atoms with van der Waals surface area (Å²) < 4.78 is 5.20. The molecule has 0 amide bonds. The highest BCUT2D eigenvalue weighted by Gasteiger charge is 2.30. The van der Waals surface area contributed by atoms with Crippen molar-refractivity contribution >= 4 is 27.5 Å². The molecule has 1 aliphatic rings. The Kier molecular flexibility index (Phi) is 6.01. The fraction of sp³-hybridized carbons (Fsp3) is 0.435. The number of aromatic nitrogens is 2. The largest absolute Gasteiger partial charge is 0.466 e. The molecule has 30 heavy (non-hydrogen) atoms. The van der Waals surface area contributed by atoms with Gasteiger partial charge in [0, 0.05) is 10.4 Å². The maximum atomic E-state index is 13.0. The highest BCUT2D eigenvalue weighted by Crippen LogP contribution is 2.35. The highest BCUT2D eigenvalue weighted by molar-refractivity contribution is 7.19. The van der Waals surface area contributed by atoms with Crippen LogP contribution in [-0.2, 0) is 16.1 Å². The maximum absolute atomic E-state index is 13.0. The average Bonchev–Trinajstić information content (AvgIpc) is 3.05. The zero-order chi connectivity index (χ0) is 21.3. The van der Waals surface area contributed by atoms with Crippen LogP contribution in [-0.4, -0.2) is 35.6 Å². The first-order valence-electron chi connectivity index (χ1n) is 10.6. The number of quaternary nitrogens is 1. The van der Waals surface area contributed by atoms with Crippen LogP contribution in [0.5, 0.6) is 0 Å². The van der Waals surface area contributed by atoms with Gasteiger partial charge in [-0.1, -0.05) is 29.8 Å². The van der Waals surface area contributed by atoms with Crippen LogP contribution in [0, 0.1) is 19.8 Å². The van der Waals surface area contributed by atoms with Crippen molar-refractivity contribution in [2.75, 3.05) is 19.7 Å². The summed E-state index contributed by atoms with van der Waals surface area (Å²) in [4.78, 5) is 36.0. The van der Waals surface area contributed by atoms with Crippen LogP contribution in [0.1, 0.15) is 36.0 Å². The molecule has 0 spiro atoms.